The molecule has 1 aromatic heterocycles. The summed E-state index contributed by atoms with van der Waals surface area (Å²) in [6.07, 6.45) is 4.71. The molecule has 0 aliphatic carbocycles. The van der Waals surface area contributed by atoms with Gasteiger partial charge < -0.3 is 10.5 Å². The third-order valence-corrected chi connectivity index (χ3v) is 2.58. The molecule has 0 radical (unpaired) electrons. The largest absolute Gasteiger partial charge is 0.496 e. The third-order valence-electron chi connectivity index (χ3n) is 2.11. The first-order valence-corrected chi connectivity index (χ1v) is 5.26. The number of aromatic nitrogens is 1. The Balaban J connectivity index is 2.18. The molecule has 0 spiro atoms. The predicted molar refractivity (Wildman–Crippen MR) is 57.5 cm³/mol. The van der Waals surface area contributed by atoms with Gasteiger partial charge in [-0.05, 0) is 34.1 Å². The van der Waals surface area contributed by atoms with Gasteiger partial charge in [-0.15, -0.1) is 0 Å². The molecule has 0 aromatic carbocycles. The van der Waals surface area contributed by atoms with E-state index in [1.165, 1.54) is 0 Å². The molecule has 0 bridgehead atoms. The molecule has 4 heteroatoms. The number of nitrogens with two attached hydrogens (primary N) is 1. The van der Waals surface area contributed by atoms with Crippen molar-refractivity contribution in [3.63, 3.8) is 0 Å². The number of ether oxygens (including phenoxy) is 1. The van der Waals surface area contributed by atoms with Gasteiger partial charge in [-0.25, -0.2) is 0 Å². The maximum atomic E-state index is 5.98. The minimum Gasteiger partial charge on any atom is -0.496 e. The number of hydrogen-bond acceptors (Lipinski definition) is 3. The van der Waals surface area contributed by atoms with E-state index in [4.69, 9.17) is 10.5 Å². The number of hydrogen-bond donors (Lipinski definition) is 1. The van der Waals surface area contributed by atoms with Gasteiger partial charge in [0.05, 0.1) is 12.3 Å². The van der Waals surface area contributed by atoms with Crippen molar-refractivity contribution in [2.24, 2.45) is 5.73 Å². The summed E-state index contributed by atoms with van der Waals surface area (Å²) in [5.41, 5.74) is 6.81. The molecule has 74 valence electrons. The predicted octanol–water partition coefficient (Wildman–Crippen LogP) is 2.15. The van der Waals surface area contributed by atoms with E-state index >= 15 is 0 Å². The lowest BCUT2D eigenvalue weighted by atomic mass is 10.1. The topological polar surface area (TPSA) is 48.1 Å². The van der Waals surface area contributed by atoms with Crippen LogP contribution in [-0.2, 0) is 4.74 Å². The molecule has 1 aliphatic rings. The molecule has 0 saturated carbocycles. The van der Waals surface area contributed by atoms with Gasteiger partial charge in [-0.2, -0.15) is 0 Å². The highest BCUT2D eigenvalue weighted by Gasteiger charge is 2.17. The lowest BCUT2D eigenvalue weighted by molar-refractivity contribution is 0.224. The van der Waals surface area contributed by atoms with Crippen molar-refractivity contribution in [2.75, 3.05) is 6.61 Å². The molecule has 0 amide bonds. The van der Waals surface area contributed by atoms with Crippen LogP contribution in [0.15, 0.2) is 34.6 Å². The van der Waals surface area contributed by atoms with Crippen molar-refractivity contribution in [2.45, 2.75) is 12.5 Å². The summed E-state index contributed by atoms with van der Waals surface area (Å²) in [5.74, 6) is 0.833. The van der Waals surface area contributed by atoms with Gasteiger partial charge in [0, 0.05) is 17.1 Å². The smallest absolute Gasteiger partial charge is 0.115 e. The van der Waals surface area contributed by atoms with Crippen LogP contribution in [0.1, 0.15) is 18.2 Å². The highest BCUT2D eigenvalue weighted by Crippen LogP contribution is 2.23. The summed E-state index contributed by atoms with van der Waals surface area (Å²) < 4.78 is 6.34. The quantitative estimate of drug-likeness (QED) is 0.880. The molecule has 3 nitrogen and oxygen atoms in total. The van der Waals surface area contributed by atoms with Crippen LogP contribution in [0.2, 0.25) is 0 Å². The fourth-order valence-electron chi connectivity index (χ4n) is 1.37. The zero-order valence-corrected chi connectivity index (χ0v) is 9.20. The van der Waals surface area contributed by atoms with Crippen LogP contribution in [0, 0.1) is 0 Å². The molecule has 2 heterocycles. The third kappa shape index (κ3) is 1.96. The second kappa shape index (κ2) is 4.11. The van der Waals surface area contributed by atoms with Crippen LogP contribution in [0.4, 0.5) is 0 Å². The molecular formula is C10H11BrN2O. The fourth-order valence-corrected chi connectivity index (χ4v) is 1.61. The Kier molecular flexibility index (Phi) is 2.84. The minimum absolute atomic E-state index is 0.231. The van der Waals surface area contributed by atoms with Gasteiger partial charge >= 0.3 is 0 Å². The molecule has 0 fully saturated rings. The standard InChI is InChI=1S/C10H11BrN2O/c11-7-3-4-8(13-6-7)10(12)9-2-1-5-14-9/h2-4,6,10H,1,5,12H2. The van der Waals surface area contributed by atoms with Crippen LogP contribution >= 0.6 is 15.9 Å². The van der Waals surface area contributed by atoms with E-state index in [2.05, 4.69) is 20.9 Å². The van der Waals surface area contributed by atoms with Gasteiger partial charge in [-0.1, -0.05) is 0 Å². The van der Waals surface area contributed by atoms with E-state index in [9.17, 15) is 0 Å². The molecule has 2 rings (SSSR count). The second-order valence-electron chi connectivity index (χ2n) is 3.12. The average molecular weight is 255 g/mol. The number of pyridine rings is 1. The SMILES string of the molecule is NC(C1=CCCO1)c1ccc(Br)cn1. The van der Waals surface area contributed by atoms with Crippen LogP contribution < -0.4 is 5.73 Å². The van der Waals surface area contributed by atoms with Gasteiger partial charge in [0.2, 0.25) is 0 Å². The van der Waals surface area contributed by atoms with E-state index in [0.29, 0.717) is 0 Å². The minimum atomic E-state index is -0.231. The Bertz CT molecular complexity index is 348. The van der Waals surface area contributed by atoms with E-state index in [0.717, 1.165) is 29.0 Å². The molecular weight excluding hydrogens is 244 g/mol. The first-order valence-electron chi connectivity index (χ1n) is 4.47. The van der Waals surface area contributed by atoms with E-state index in [-0.39, 0.29) is 6.04 Å². The fraction of sp³-hybridized carbons (Fsp3) is 0.300. The monoisotopic (exact) mass is 254 g/mol. The molecule has 14 heavy (non-hydrogen) atoms. The van der Waals surface area contributed by atoms with Crippen molar-refractivity contribution in [3.05, 3.63) is 40.3 Å². The normalized spacial score (nSPS) is 17.4. The van der Waals surface area contributed by atoms with Crippen molar-refractivity contribution in [1.29, 1.82) is 0 Å². The van der Waals surface area contributed by atoms with E-state index in [1.54, 1.807) is 6.20 Å². The molecule has 0 saturated heterocycles. The second-order valence-corrected chi connectivity index (χ2v) is 4.04. The first-order chi connectivity index (χ1) is 6.77. The lowest BCUT2D eigenvalue weighted by Crippen LogP contribution is -2.14. The van der Waals surface area contributed by atoms with E-state index in [1.807, 2.05) is 18.2 Å². The van der Waals surface area contributed by atoms with Gasteiger partial charge in [0.15, 0.2) is 0 Å². The zero-order chi connectivity index (χ0) is 9.97. The van der Waals surface area contributed by atoms with Crippen molar-refractivity contribution < 1.29 is 4.74 Å². The Labute approximate surface area is 91.1 Å². The van der Waals surface area contributed by atoms with Crippen LogP contribution in [-0.4, -0.2) is 11.6 Å². The highest BCUT2D eigenvalue weighted by atomic mass is 79.9. The number of halogens is 1. The van der Waals surface area contributed by atoms with Crippen molar-refractivity contribution in [3.8, 4) is 0 Å². The maximum Gasteiger partial charge on any atom is 0.115 e. The molecule has 1 unspecified atom stereocenters. The molecule has 1 atom stereocenters. The summed E-state index contributed by atoms with van der Waals surface area (Å²) in [7, 11) is 0. The van der Waals surface area contributed by atoms with Crippen molar-refractivity contribution in [1.82, 2.24) is 4.98 Å². The summed E-state index contributed by atoms with van der Waals surface area (Å²) in [6.45, 7) is 0.736. The Morgan fingerprint density at radius 1 is 1.50 bits per heavy atom. The van der Waals surface area contributed by atoms with Gasteiger partial charge in [0.25, 0.3) is 0 Å². The Morgan fingerprint density at radius 2 is 2.36 bits per heavy atom. The van der Waals surface area contributed by atoms with Gasteiger partial charge in [0.1, 0.15) is 11.8 Å². The summed E-state index contributed by atoms with van der Waals surface area (Å²) in [5, 5.41) is 0. The summed E-state index contributed by atoms with van der Waals surface area (Å²) in [4.78, 5) is 4.23. The first kappa shape index (κ1) is 9.68. The molecule has 1 aromatic rings. The summed E-state index contributed by atoms with van der Waals surface area (Å²) in [6, 6.07) is 3.60. The van der Waals surface area contributed by atoms with Gasteiger partial charge in [-0.3, -0.25) is 4.98 Å². The van der Waals surface area contributed by atoms with Crippen LogP contribution in [0.25, 0.3) is 0 Å². The highest BCUT2D eigenvalue weighted by molar-refractivity contribution is 9.10. The zero-order valence-electron chi connectivity index (χ0n) is 7.61. The lowest BCUT2D eigenvalue weighted by Gasteiger charge is -2.12. The summed E-state index contributed by atoms with van der Waals surface area (Å²) >= 11 is 3.33. The molecule has 2 N–H and O–H groups in total. The maximum absolute atomic E-state index is 5.98. The van der Waals surface area contributed by atoms with Crippen LogP contribution in [0.5, 0.6) is 0 Å². The average Bonchev–Trinajstić information content (AvgIpc) is 2.71. The Morgan fingerprint density at radius 3 is 2.93 bits per heavy atom. The van der Waals surface area contributed by atoms with E-state index < -0.39 is 0 Å². The number of nitrogens with zero attached hydrogens (tertiary/aromatic N) is 1. The van der Waals surface area contributed by atoms with Crippen LogP contribution in [0.3, 0.4) is 0 Å². The number of rotatable bonds is 2. The Hall–Kier alpha value is -0.870. The molecule has 1 aliphatic heterocycles. The van der Waals surface area contributed by atoms with Crippen molar-refractivity contribution >= 4 is 15.9 Å².